The second-order valence-corrected chi connectivity index (χ2v) is 15.3. The minimum Gasteiger partial charge on any atom is -0.491 e. The zero-order valence-electron chi connectivity index (χ0n) is 27.1. The Kier molecular flexibility index (Phi) is 12.1. The lowest BCUT2D eigenvalue weighted by atomic mass is 9.70. The van der Waals surface area contributed by atoms with Gasteiger partial charge in [0.25, 0.3) is 5.91 Å². The van der Waals surface area contributed by atoms with Crippen LogP contribution in [0, 0.1) is 11.8 Å². The molecular formula is C35H43ClF3N3O5S. The van der Waals surface area contributed by atoms with Crippen molar-refractivity contribution in [2.45, 2.75) is 83.0 Å². The fourth-order valence-electron chi connectivity index (χ4n) is 6.60. The van der Waals surface area contributed by atoms with Crippen LogP contribution in [0.25, 0.3) is 0 Å². The van der Waals surface area contributed by atoms with Crippen LogP contribution in [0.3, 0.4) is 0 Å². The predicted octanol–water partition coefficient (Wildman–Crippen LogP) is 7.82. The molecule has 13 heteroatoms. The zero-order chi connectivity index (χ0) is 34.3. The molecule has 0 radical (unpaired) electrons. The van der Waals surface area contributed by atoms with Crippen LogP contribution in [0.15, 0.2) is 52.9 Å². The smallest absolute Gasteiger partial charge is 0.389 e. The van der Waals surface area contributed by atoms with Crippen LogP contribution in [-0.2, 0) is 32.4 Å². The Bertz CT molecular complexity index is 1620. The maximum atomic E-state index is 14.0. The lowest BCUT2D eigenvalue weighted by molar-refractivity contribution is -0.137. The van der Waals surface area contributed by atoms with Gasteiger partial charge in [0, 0.05) is 43.6 Å². The third-order valence-electron chi connectivity index (χ3n) is 9.28. The molecule has 2 bridgehead atoms. The summed E-state index contributed by atoms with van der Waals surface area (Å²) in [6.45, 7) is 1.70. The van der Waals surface area contributed by atoms with Gasteiger partial charge in [-0.05, 0) is 105 Å². The van der Waals surface area contributed by atoms with Crippen LogP contribution in [0.2, 0.25) is 5.02 Å². The van der Waals surface area contributed by atoms with E-state index in [-0.39, 0.29) is 23.3 Å². The van der Waals surface area contributed by atoms with Gasteiger partial charge in [-0.1, -0.05) is 29.8 Å². The Hall–Kier alpha value is -3.09. The van der Waals surface area contributed by atoms with Gasteiger partial charge in [0.1, 0.15) is 15.7 Å². The molecule has 2 aliphatic heterocycles. The van der Waals surface area contributed by atoms with E-state index in [1.54, 1.807) is 25.3 Å². The van der Waals surface area contributed by atoms with Crippen molar-refractivity contribution in [1.29, 1.82) is 0 Å². The molecule has 48 heavy (non-hydrogen) atoms. The number of hydrogen-bond donors (Lipinski definition) is 1. The van der Waals surface area contributed by atoms with E-state index in [1.165, 1.54) is 0 Å². The molecule has 1 unspecified atom stereocenters. The van der Waals surface area contributed by atoms with Crippen molar-refractivity contribution in [2.75, 3.05) is 30.9 Å². The summed E-state index contributed by atoms with van der Waals surface area (Å²) in [6, 6.07) is 10.9. The highest BCUT2D eigenvalue weighted by molar-refractivity contribution is 7.92. The van der Waals surface area contributed by atoms with Gasteiger partial charge in [0.15, 0.2) is 0 Å². The molecule has 2 heterocycles. The topological polar surface area (TPSA) is 97.3 Å². The summed E-state index contributed by atoms with van der Waals surface area (Å²) < 4.78 is 70.5. The molecule has 1 aliphatic carbocycles. The molecule has 2 aromatic carbocycles. The van der Waals surface area contributed by atoms with E-state index < -0.39 is 47.2 Å². The van der Waals surface area contributed by atoms with E-state index in [0.29, 0.717) is 54.9 Å². The second-order valence-electron chi connectivity index (χ2n) is 12.8. The second kappa shape index (κ2) is 16.1. The first-order chi connectivity index (χ1) is 22.9. The molecular weight excluding hydrogens is 667 g/mol. The number of amides is 2. The molecule has 0 aromatic heterocycles. The van der Waals surface area contributed by atoms with Gasteiger partial charge in [0.2, 0.25) is 5.91 Å². The van der Waals surface area contributed by atoms with Gasteiger partial charge < -0.3 is 14.4 Å². The van der Waals surface area contributed by atoms with Gasteiger partial charge in [0.05, 0.1) is 24.2 Å². The number of nitrogens with one attached hydrogen (secondary N) is 1. The van der Waals surface area contributed by atoms with Crippen molar-refractivity contribution in [3.8, 4) is 5.75 Å². The number of carbonyl (C=O) groups excluding carboxylic acids is 2. The van der Waals surface area contributed by atoms with E-state index in [0.717, 1.165) is 43.2 Å². The maximum Gasteiger partial charge on any atom is 0.389 e. The summed E-state index contributed by atoms with van der Waals surface area (Å²) in [5, 5.41) is 0.674. The summed E-state index contributed by atoms with van der Waals surface area (Å²) in [5.74, 6) is -0.576. The van der Waals surface area contributed by atoms with Crippen LogP contribution >= 0.6 is 11.6 Å². The first-order valence-corrected chi connectivity index (χ1v) is 18.6. The number of carbonyl (C=O) groups is 2. The van der Waals surface area contributed by atoms with Gasteiger partial charge in [-0.2, -0.15) is 13.2 Å². The Labute approximate surface area is 285 Å². The normalized spacial score (nSPS) is 26.0. The molecule has 8 nitrogen and oxygen atoms in total. The Morgan fingerprint density at radius 1 is 1.15 bits per heavy atom. The van der Waals surface area contributed by atoms with Crippen molar-refractivity contribution in [3.05, 3.63) is 70.3 Å². The number of anilines is 1. The summed E-state index contributed by atoms with van der Waals surface area (Å²) in [6.07, 6.45) is 2.77. The Balaban J connectivity index is 1.55. The number of methoxy groups -OCH3 is 1. The fourth-order valence-corrected chi connectivity index (χ4v) is 8.42. The van der Waals surface area contributed by atoms with Crippen LogP contribution < -0.4 is 14.4 Å². The number of alkyl halides is 3. The van der Waals surface area contributed by atoms with Crippen molar-refractivity contribution in [3.63, 3.8) is 0 Å². The predicted molar refractivity (Wildman–Crippen MR) is 181 cm³/mol. The molecule has 2 aromatic rings. The summed E-state index contributed by atoms with van der Waals surface area (Å²) in [7, 11) is -1.95. The van der Waals surface area contributed by atoms with Crippen molar-refractivity contribution in [2.24, 2.45) is 16.2 Å². The lowest BCUT2D eigenvalue weighted by Crippen LogP contribution is -2.43. The number of benzene rings is 2. The molecule has 262 valence electrons. The maximum absolute atomic E-state index is 14.0. The van der Waals surface area contributed by atoms with E-state index >= 15 is 0 Å². The summed E-state index contributed by atoms with van der Waals surface area (Å²) >= 11 is 6.41. The molecule has 3 aliphatic rings. The quantitative estimate of drug-likeness (QED) is 0.318. The zero-order valence-corrected chi connectivity index (χ0v) is 28.7. The summed E-state index contributed by atoms with van der Waals surface area (Å²) in [4.78, 5) is 28.5. The number of aryl methyl sites for hydroxylation is 1. The van der Waals surface area contributed by atoms with Gasteiger partial charge >= 0.3 is 6.18 Å². The fraction of sp³-hybridized carbons (Fsp3) is 0.543. The number of fused-ring (bicyclic) bond motifs is 3. The third kappa shape index (κ3) is 9.75. The van der Waals surface area contributed by atoms with Gasteiger partial charge in [-0.25, -0.2) is 4.21 Å². The third-order valence-corrected chi connectivity index (χ3v) is 11.4. The lowest BCUT2D eigenvalue weighted by Gasteiger charge is -2.43. The van der Waals surface area contributed by atoms with E-state index in [1.807, 2.05) is 30.4 Å². The largest absolute Gasteiger partial charge is 0.491 e. The van der Waals surface area contributed by atoms with E-state index in [9.17, 15) is 27.0 Å². The number of nitrogens with zero attached hydrogens (tertiary/aromatic N) is 2. The number of halogens is 4. The number of ether oxygens (including phenoxy) is 2. The summed E-state index contributed by atoms with van der Waals surface area (Å²) in [5.41, 5.74) is 3.15. The standard InChI is InChI=1S/C35H43ClF3N3O5S/c1-46-31-9-3-2-6-19-48(45,40-33(43)10-7-17-35(37,38)39)41-34(44)25-13-16-32-30(21-25)42(23-27-12-15-29(27)31)22-26-11-14-28(36)20-24(26)8-4-5-18-47-32/h3,9,11,13-14,16,20-21,27,29,31H,2,4-8,10,12,15,17-19,22-23H2,1H3,(H,40,41,43,44,45)/b9-3+/t27-,29+,31-,48?/m0/s1. The molecule has 4 atom stereocenters. The molecule has 1 N–H and O–H groups in total. The highest BCUT2D eigenvalue weighted by atomic mass is 35.5. The van der Waals surface area contributed by atoms with Gasteiger partial charge in [-0.3, -0.25) is 14.3 Å². The van der Waals surface area contributed by atoms with Crippen LogP contribution in [0.1, 0.15) is 79.3 Å². The average Bonchev–Trinajstić information content (AvgIpc) is 3.04. The minimum absolute atomic E-state index is 0.127. The average molecular weight is 710 g/mol. The Morgan fingerprint density at radius 3 is 2.73 bits per heavy atom. The van der Waals surface area contributed by atoms with Crippen molar-refractivity contribution in [1.82, 2.24) is 4.72 Å². The van der Waals surface area contributed by atoms with Crippen molar-refractivity contribution >= 4 is 39.0 Å². The van der Waals surface area contributed by atoms with Crippen LogP contribution in [0.4, 0.5) is 18.9 Å². The van der Waals surface area contributed by atoms with E-state index in [4.69, 9.17) is 21.1 Å². The molecule has 2 amide bonds. The first-order valence-electron chi connectivity index (χ1n) is 16.6. The molecule has 0 saturated heterocycles. The highest BCUT2D eigenvalue weighted by Gasteiger charge is 2.38. The monoisotopic (exact) mass is 709 g/mol. The number of allylic oxidation sites excluding steroid dienone is 1. The Morgan fingerprint density at radius 2 is 1.98 bits per heavy atom. The SMILES string of the molecule is CO[C@H]1/C=C/CCCS(=O)(NC(=O)CCCC(F)(F)F)=NC(=O)c2ccc3c(c2)N(Cc2ccc(Cl)cc2CCCCO3)C[C@@H]2CC[C@H]21. The van der Waals surface area contributed by atoms with E-state index in [2.05, 4.69) is 14.0 Å². The number of hydrogen-bond acceptors (Lipinski definition) is 6. The molecule has 1 fully saturated rings. The van der Waals surface area contributed by atoms with Gasteiger partial charge in [-0.15, -0.1) is 4.36 Å². The molecule has 0 spiro atoms. The molecule has 5 rings (SSSR count). The number of rotatable bonds is 5. The minimum atomic E-state index is -4.41. The highest BCUT2D eigenvalue weighted by Crippen LogP contribution is 2.42. The van der Waals surface area contributed by atoms with Crippen LogP contribution in [0.5, 0.6) is 5.75 Å². The van der Waals surface area contributed by atoms with Crippen LogP contribution in [-0.4, -0.2) is 54.3 Å². The first kappa shape index (κ1) is 36.2. The molecule has 1 saturated carbocycles. The van der Waals surface area contributed by atoms with Crippen molar-refractivity contribution < 1.29 is 36.4 Å².